The van der Waals surface area contributed by atoms with E-state index in [1.165, 1.54) is 0 Å². The number of piperidine rings is 1. The second-order valence-corrected chi connectivity index (χ2v) is 6.47. The third-order valence-corrected chi connectivity index (χ3v) is 4.05. The predicted octanol–water partition coefficient (Wildman–Crippen LogP) is 2.44. The van der Waals surface area contributed by atoms with Crippen molar-refractivity contribution in [3.63, 3.8) is 0 Å². The van der Waals surface area contributed by atoms with Crippen molar-refractivity contribution in [3.8, 4) is 11.5 Å². The molecule has 1 aromatic rings. The van der Waals surface area contributed by atoms with Crippen LogP contribution in [0.1, 0.15) is 32.3 Å². The molecule has 0 unspecified atom stereocenters. The van der Waals surface area contributed by atoms with Gasteiger partial charge < -0.3 is 19.7 Å². The SMILES string of the molecule is COc1cc(CNC(=O)[C@H]2CCCN(C)C2)ccc1OC(C)C. The first-order chi connectivity index (χ1) is 11.0. The average Bonchev–Trinajstić information content (AvgIpc) is 2.53. The van der Waals surface area contributed by atoms with Crippen molar-refractivity contribution >= 4 is 5.91 Å². The lowest BCUT2D eigenvalue weighted by Gasteiger charge is -2.28. The summed E-state index contributed by atoms with van der Waals surface area (Å²) in [5, 5.41) is 3.04. The van der Waals surface area contributed by atoms with Crippen LogP contribution in [-0.4, -0.2) is 44.2 Å². The highest BCUT2D eigenvalue weighted by molar-refractivity contribution is 5.79. The Hall–Kier alpha value is -1.75. The van der Waals surface area contributed by atoms with E-state index in [1.54, 1.807) is 7.11 Å². The minimum atomic E-state index is 0.0951. The third-order valence-electron chi connectivity index (χ3n) is 4.05. The number of benzene rings is 1. The van der Waals surface area contributed by atoms with Crippen LogP contribution in [0.2, 0.25) is 0 Å². The molecule has 1 saturated heterocycles. The van der Waals surface area contributed by atoms with E-state index in [0.29, 0.717) is 12.3 Å². The fraction of sp³-hybridized carbons (Fsp3) is 0.611. The van der Waals surface area contributed by atoms with Gasteiger partial charge in [0.25, 0.3) is 0 Å². The fourth-order valence-electron chi connectivity index (χ4n) is 2.89. The van der Waals surface area contributed by atoms with E-state index in [4.69, 9.17) is 9.47 Å². The van der Waals surface area contributed by atoms with E-state index in [2.05, 4.69) is 17.3 Å². The smallest absolute Gasteiger partial charge is 0.224 e. The number of nitrogens with zero attached hydrogens (tertiary/aromatic N) is 1. The second kappa shape index (κ2) is 8.20. The van der Waals surface area contributed by atoms with Crippen molar-refractivity contribution in [1.82, 2.24) is 10.2 Å². The van der Waals surface area contributed by atoms with Crippen LogP contribution in [0.5, 0.6) is 11.5 Å². The molecule has 0 radical (unpaired) electrons. The Morgan fingerprint density at radius 3 is 2.83 bits per heavy atom. The molecular formula is C18H28N2O3. The zero-order valence-corrected chi connectivity index (χ0v) is 14.6. The van der Waals surface area contributed by atoms with E-state index in [0.717, 1.165) is 37.2 Å². The molecule has 1 N–H and O–H groups in total. The molecule has 0 spiro atoms. The molecule has 2 rings (SSSR count). The van der Waals surface area contributed by atoms with Crippen LogP contribution in [0, 0.1) is 5.92 Å². The summed E-state index contributed by atoms with van der Waals surface area (Å²) in [7, 11) is 3.69. The van der Waals surface area contributed by atoms with Gasteiger partial charge in [-0.25, -0.2) is 0 Å². The average molecular weight is 320 g/mol. The quantitative estimate of drug-likeness (QED) is 0.875. The van der Waals surface area contributed by atoms with E-state index in [-0.39, 0.29) is 17.9 Å². The Balaban J connectivity index is 1.93. The molecule has 0 aromatic heterocycles. The number of hydrogen-bond donors (Lipinski definition) is 1. The van der Waals surface area contributed by atoms with Gasteiger partial charge in [-0.1, -0.05) is 6.07 Å². The van der Waals surface area contributed by atoms with Gasteiger partial charge in [0, 0.05) is 13.1 Å². The zero-order valence-electron chi connectivity index (χ0n) is 14.6. The van der Waals surface area contributed by atoms with Crippen molar-refractivity contribution in [2.45, 2.75) is 39.3 Å². The number of carbonyl (C=O) groups is 1. The lowest BCUT2D eigenvalue weighted by atomic mass is 9.97. The van der Waals surface area contributed by atoms with Crippen LogP contribution in [0.3, 0.4) is 0 Å². The summed E-state index contributed by atoms with van der Waals surface area (Å²) in [5.41, 5.74) is 1.01. The Labute approximate surface area is 139 Å². The van der Waals surface area contributed by atoms with Crippen molar-refractivity contribution in [1.29, 1.82) is 0 Å². The van der Waals surface area contributed by atoms with Gasteiger partial charge in [-0.15, -0.1) is 0 Å². The Bertz CT molecular complexity index is 531. The molecule has 0 bridgehead atoms. The molecule has 5 nitrogen and oxygen atoms in total. The van der Waals surface area contributed by atoms with Crippen LogP contribution < -0.4 is 14.8 Å². The van der Waals surface area contributed by atoms with Crippen LogP contribution in [-0.2, 0) is 11.3 Å². The molecule has 1 aromatic carbocycles. The maximum atomic E-state index is 12.3. The number of ether oxygens (including phenoxy) is 2. The highest BCUT2D eigenvalue weighted by atomic mass is 16.5. The molecule has 1 atom stereocenters. The summed E-state index contributed by atoms with van der Waals surface area (Å²) in [6, 6.07) is 5.78. The largest absolute Gasteiger partial charge is 0.493 e. The van der Waals surface area contributed by atoms with Crippen molar-refractivity contribution in [2.75, 3.05) is 27.2 Å². The Kier molecular flexibility index (Phi) is 6.28. The molecule has 5 heteroatoms. The lowest BCUT2D eigenvalue weighted by Crippen LogP contribution is -2.41. The highest BCUT2D eigenvalue weighted by Gasteiger charge is 2.23. The number of hydrogen-bond acceptors (Lipinski definition) is 4. The monoisotopic (exact) mass is 320 g/mol. The summed E-state index contributed by atoms with van der Waals surface area (Å²) >= 11 is 0. The molecular weight excluding hydrogens is 292 g/mol. The van der Waals surface area contributed by atoms with Gasteiger partial charge in [-0.05, 0) is 58.0 Å². The van der Waals surface area contributed by atoms with Gasteiger partial charge in [-0.3, -0.25) is 4.79 Å². The first kappa shape index (κ1) is 17.6. The Morgan fingerprint density at radius 1 is 1.39 bits per heavy atom. The summed E-state index contributed by atoms with van der Waals surface area (Å²) in [6.45, 7) is 6.40. The van der Waals surface area contributed by atoms with Gasteiger partial charge in [0.05, 0.1) is 19.1 Å². The van der Waals surface area contributed by atoms with E-state index < -0.39 is 0 Å². The van der Waals surface area contributed by atoms with Crippen LogP contribution >= 0.6 is 0 Å². The second-order valence-electron chi connectivity index (χ2n) is 6.47. The minimum Gasteiger partial charge on any atom is -0.493 e. The maximum Gasteiger partial charge on any atom is 0.224 e. The lowest BCUT2D eigenvalue weighted by molar-refractivity contribution is -0.126. The molecule has 128 valence electrons. The number of methoxy groups -OCH3 is 1. The normalized spacial score (nSPS) is 18.7. The van der Waals surface area contributed by atoms with Crippen molar-refractivity contribution in [3.05, 3.63) is 23.8 Å². The highest BCUT2D eigenvalue weighted by Crippen LogP contribution is 2.29. The van der Waals surface area contributed by atoms with Gasteiger partial charge in [-0.2, -0.15) is 0 Å². The maximum absolute atomic E-state index is 12.3. The Morgan fingerprint density at radius 2 is 2.17 bits per heavy atom. The molecule has 0 aliphatic carbocycles. The fourth-order valence-corrected chi connectivity index (χ4v) is 2.89. The topological polar surface area (TPSA) is 50.8 Å². The summed E-state index contributed by atoms with van der Waals surface area (Å²) < 4.78 is 11.1. The van der Waals surface area contributed by atoms with Gasteiger partial charge >= 0.3 is 0 Å². The number of nitrogens with one attached hydrogen (secondary N) is 1. The molecule has 1 heterocycles. The van der Waals surface area contributed by atoms with Gasteiger partial charge in [0.15, 0.2) is 11.5 Å². The number of amides is 1. The molecule has 23 heavy (non-hydrogen) atoms. The first-order valence-corrected chi connectivity index (χ1v) is 8.29. The predicted molar refractivity (Wildman–Crippen MR) is 90.8 cm³/mol. The summed E-state index contributed by atoms with van der Waals surface area (Å²) in [5.74, 6) is 1.66. The first-order valence-electron chi connectivity index (χ1n) is 8.29. The van der Waals surface area contributed by atoms with Crippen LogP contribution in [0.15, 0.2) is 18.2 Å². The summed E-state index contributed by atoms with van der Waals surface area (Å²) in [6.07, 6.45) is 2.15. The van der Waals surface area contributed by atoms with Crippen LogP contribution in [0.4, 0.5) is 0 Å². The van der Waals surface area contributed by atoms with E-state index in [1.807, 2.05) is 32.0 Å². The third kappa shape index (κ3) is 5.13. The standard InChI is InChI=1S/C18H28N2O3/c1-13(2)23-16-8-7-14(10-17(16)22-4)11-19-18(21)15-6-5-9-20(3)12-15/h7-8,10,13,15H,5-6,9,11-12H2,1-4H3,(H,19,21)/t15-/m0/s1. The van der Waals surface area contributed by atoms with Crippen molar-refractivity contribution in [2.24, 2.45) is 5.92 Å². The van der Waals surface area contributed by atoms with E-state index in [9.17, 15) is 4.79 Å². The summed E-state index contributed by atoms with van der Waals surface area (Å²) in [4.78, 5) is 14.5. The number of carbonyl (C=O) groups excluding carboxylic acids is 1. The van der Waals surface area contributed by atoms with Crippen LogP contribution in [0.25, 0.3) is 0 Å². The zero-order chi connectivity index (χ0) is 16.8. The molecule has 1 fully saturated rings. The van der Waals surface area contributed by atoms with Gasteiger partial charge in [0.1, 0.15) is 0 Å². The minimum absolute atomic E-state index is 0.0951. The van der Waals surface area contributed by atoms with Gasteiger partial charge in [0.2, 0.25) is 5.91 Å². The molecule has 1 amide bonds. The van der Waals surface area contributed by atoms with Crippen molar-refractivity contribution < 1.29 is 14.3 Å². The van der Waals surface area contributed by atoms with E-state index >= 15 is 0 Å². The molecule has 1 aliphatic rings. The molecule has 0 saturated carbocycles. The number of likely N-dealkylation sites (tertiary alicyclic amines) is 1. The molecule has 1 aliphatic heterocycles. The number of rotatable bonds is 6.